The molecule has 7 heteroatoms. The molecule has 6 nitrogen and oxygen atoms in total. The van der Waals surface area contributed by atoms with E-state index in [1.165, 1.54) is 50.6 Å². The van der Waals surface area contributed by atoms with Crippen molar-refractivity contribution in [1.82, 2.24) is 0 Å². The molecule has 1 amide bonds. The van der Waals surface area contributed by atoms with Gasteiger partial charge in [0.15, 0.2) is 0 Å². The molecule has 0 spiro atoms. The van der Waals surface area contributed by atoms with Gasteiger partial charge in [0.25, 0.3) is 5.91 Å². The highest BCUT2D eigenvalue weighted by atomic mass is 19.1. The fourth-order valence-electron chi connectivity index (χ4n) is 2.74. The molecule has 30 heavy (non-hydrogen) atoms. The molecule has 0 aliphatic carbocycles. The summed E-state index contributed by atoms with van der Waals surface area (Å²) in [6.45, 7) is 0. The SMILES string of the molecule is COc1cc(OC)cc(C(=O)O[C@H](C(=O)Nc2ccc(F)cc2)c2ccccc2)c1. The van der Waals surface area contributed by atoms with E-state index < -0.39 is 23.8 Å². The van der Waals surface area contributed by atoms with Crippen LogP contribution in [-0.2, 0) is 9.53 Å². The van der Waals surface area contributed by atoms with Crippen LogP contribution in [0, 0.1) is 5.82 Å². The smallest absolute Gasteiger partial charge is 0.339 e. The van der Waals surface area contributed by atoms with Crippen LogP contribution in [0.25, 0.3) is 0 Å². The third-order valence-corrected chi connectivity index (χ3v) is 4.26. The van der Waals surface area contributed by atoms with E-state index in [4.69, 9.17) is 14.2 Å². The molecule has 0 bridgehead atoms. The number of nitrogens with one attached hydrogen (secondary N) is 1. The molecular weight excluding hydrogens is 389 g/mol. The van der Waals surface area contributed by atoms with Gasteiger partial charge in [-0.1, -0.05) is 30.3 Å². The highest BCUT2D eigenvalue weighted by molar-refractivity contribution is 5.98. The number of halogens is 1. The fraction of sp³-hybridized carbons (Fsp3) is 0.130. The molecule has 0 saturated carbocycles. The van der Waals surface area contributed by atoms with E-state index >= 15 is 0 Å². The standard InChI is InChI=1S/C23H20FNO5/c1-28-19-12-16(13-20(14-19)29-2)23(27)30-21(15-6-4-3-5-7-15)22(26)25-18-10-8-17(24)9-11-18/h3-14,21H,1-2H3,(H,25,26)/t21-/m0/s1. The predicted molar refractivity (Wildman–Crippen MR) is 109 cm³/mol. The minimum Gasteiger partial charge on any atom is -0.497 e. The van der Waals surface area contributed by atoms with Crippen molar-refractivity contribution < 1.29 is 28.2 Å². The number of methoxy groups -OCH3 is 2. The molecular formula is C23H20FNO5. The van der Waals surface area contributed by atoms with Crippen molar-refractivity contribution in [3.63, 3.8) is 0 Å². The minimum absolute atomic E-state index is 0.168. The van der Waals surface area contributed by atoms with Crippen LogP contribution in [-0.4, -0.2) is 26.1 Å². The van der Waals surface area contributed by atoms with Crippen LogP contribution in [0.3, 0.4) is 0 Å². The molecule has 3 aromatic rings. The number of carbonyl (C=O) groups excluding carboxylic acids is 2. The lowest BCUT2D eigenvalue weighted by atomic mass is 10.1. The van der Waals surface area contributed by atoms with Crippen molar-refractivity contribution in [3.8, 4) is 11.5 Å². The first-order valence-electron chi connectivity index (χ1n) is 9.05. The topological polar surface area (TPSA) is 73.9 Å². The van der Waals surface area contributed by atoms with Crippen molar-refractivity contribution in [2.45, 2.75) is 6.10 Å². The van der Waals surface area contributed by atoms with E-state index in [9.17, 15) is 14.0 Å². The maximum atomic E-state index is 13.1. The van der Waals surface area contributed by atoms with Gasteiger partial charge in [0.05, 0.1) is 19.8 Å². The number of carbonyl (C=O) groups is 2. The zero-order chi connectivity index (χ0) is 21.5. The van der Waals surface area contributed by atoms with E-state index in [-0.39, 0.29) is 5.56 Å². The Hall–Kier alpha value is -3.87. The fourth-order valence-corrected chi connectivity index (χ4v) is 2.74. The van der Waals surface area contributed by atoms with Gasteiger partial charge in [-0.2, -0.15) is 0 Å². The lowest BCUT2D eigenvalue weighted by Gasteiger charge is -2.18. The molecule has 0 heterocycles. The molecule has 1 atom stereocenters. The van der Waals surface area contributed by atoms with Crippen LogP contribution in [0.4, 0.5) is 10.1 Å². The Morgan fingerprint density at radius 2 is 1.47 bits per heavy atom. The Labute approximate surface area is 173 Å². The normalized spacial score (nSPS) is 11.3. The molecule has 0 fully saturated rings. The zero-order valence-electron chi connectivity index (χ0n) is 16.4. The average Bonchev–Trinajstić information content (AvgIpc) is 2.78. The van der Waals surface area contributed by atoms with Gasteiger partial charge in [-0.3, -0.25) is 4.79 Å². The maximum Gasteiger partial charge on any atom is 0.339 e. The average molecular weight is 409 g/mol. The predicted octanol–water partition coefficient (Wildman–Crippen LogP) is 4.38. The molecule has 3 rings (SSSR count). The van der Waals surface area contributed by atoms with Crippen LogP contribution in [0.1, 0.15) is 22.0 Å². The second-order valence-electron chi connectivity index (χ2n) is 6.29. The Balaban J connectivity index is 1.87. The number of esters is 1. The van der Waals surface area contributed by atoms with E-state index in [0.29, 0.717) is 22.7 Å². The van der Waals surface area contributed by atoms with Gasteiger partial charge in [-0.15, -0.1) is 0 Å². The molecule has 0 aromatic heterocycles. The van der Waals surface area contributed by atoms with Gasteiger partial charge in [0.2, 0.25) is 6.10 Å². The lowest BCUT2D eigenvalue weighted by Crippen LogP contribution is -2.26. The van der Waals surface area contributed by atoms with Crippen LogP contribution >= 0.6 is 0 Å². The van der Waals surface area contributed by atoms with Crippen molar-refractivity contribution >= 4 is 17.6 Å². The summed E-state index contributed by atoms with van der Waals surface area (Å²) in [5.74, 6) is -0.904. The summed E-state index contributed by atoms with van der Waals surface area (Å²) < 4.78 is 29.0. The van der Waals surface area contributed by atoms with Gasteiger partial charge in [-0.25, -0.2) is 9.18 Å². The van der Waals surface area contributed by atoms with Crippen LogP contribution in [0.15, 0.2) is 72.8 Å². The van der Waals surface area contributed by atoms with Gasteiger partial charge < -0.3 is 19.5 Å². The maximum absolute atomic E-state index is 13.1. The Morgan fingerprint density at radius 3 is 2.03 bits per heavy atom. The lowest BCUT2D eigenvalue weighted by molar-refractivity contribution is -0.125. The first kappa shape index (κ1) is 20.9. The summed E-state index contributed by atoms with van der Waals surface area (Å²) in [6, 6.07) is 18.5. The number of ether oxygens (including phenoxy) is 3. The molecule has 0 saturated heterocycles. The van der Waals surface area contributed by atoms with E-state index in [0.717, 1.165) is 0 Å². The summed E-state index contributed by atoms with van der Waals surface area (Å²) in [7, 11) is 2.93. The first-order chi connectivity index (χ1) is 14.5. The zero-order valence-corrected chi connectivity index (χ0v) is 16.4. The molecule has 154 valence electrons. The highest BCUT2D eigenvalue weighted by Crippen LogP contribution is 2.26. The van der Waals surface area contributed by atoms with Gasteiger partial charge in [-0.05, 0) is 36.4 Å². The quantitative estimate of drug-likeness (QED) is 0.586. The Bertz CT molecular complexity index is 999. The van der Waals surface area contributed by atoms with Crippen molar-refractivity contribution in [2.24, 2.45) is 0 Å². The molecule has 0 aliphatic heterocycles. The van der Waals surface area contributed by atoms with E-state index in [1.807, 2.05) is 0 Å². The van der Waals surface area contributed by atoms with E-state index in [2.05, 4.69) is 5.32 Å². The monoisotopic (exact) mass is 409 g/mol. The number of rotatable bonds is 7. The summed E-state index contributed by atoms with van der Waals surface area (Å²) >= 11 is 0. The minimum atomic E-state index is -1.22. The largest absolute Gasteiger partial charge is 0.497 e. The highest BCUT2D eigenvalue weighted by Gasteiger charge is 2.26. The van der Waals surface area contributed by atoms with Gasteiger partial charge in [0, 0.05) is 17.3 Å². The number of benzene rings is 3. The third kappa shape index (κ3) is 5.14. The van der Waals surface area contributed by atoms with Crippen LogP contribution < -0.4 is 14.8 Å². The summed E-state index contributed by atoms with van der Waals surface area (Å²) in [6.07, 6.45) is -1.22. The summed E-state index contributed by atoms with van der Waals surface area (Å²) in [5, 5.41) is 2.64. The molecule has 0 aliphatic rings. The second-order valence-corrected chi connectivity index (χ2v) is 6.29. The number of anilines is 1. The molecule has 3 aromatic carbocycles. The molecule has 1 N–H and O–H groups in total. The third-order valence-electron chi connectivity index (χ3n) is 4.26. The first-order valence-corrected chi connectivity index (χ1v) is 9.05. The van der Waals surface area contributed by atoms with Gasteiger partial charge in [0.1, 0.15) is 17.3 Å². The van der Waals surface area contributed by atoms with Crippen LogP contribution in [0.5, 0.6) is 11.5 Å². The summed E-state index contributed by atoms with van der Waals surface area (Å²) in [5.41, 5.74) is 1.03. The van der Waals surface area contributed by atoms with Crippen molar-refractivity contribution in [1.29, 1.82) is 0 Å². The number of hydrogen-bond donors (Lipinski definition) is 1. The van der Waals surface area contributed by atoms with Crippen molar-refractivity contribution in [3.05, 3.63) is 89.7 Å². The van der Waals surface area contributed by atoms with Crippen molar-refractivity contribution in [2.75, 3.05) is 19.5 Å². The summed E-state index contributed by atoms with van der Waals surface area (Å²) in [4.78, 5) is 25.7. The molecule has 0 radical (unpaired) electrons. The number of amides is 1. The van der Waals surface area contributed by atoms with Crippen LogP contribution in [0.2, 0.25) is 0 Å². The molecule has 0 unspecified atom stereocenters. The van der Waals surface area contributed by atoms with Gasteiger partial charge >= 0.3 is 5.97 Å². The van der Waals surface area contributed by atoms with E-state index in [1.54, 1.807) is 36.4 Å². The Kier molecular flexibility index (Phi) is 6.64. The second kappa shape index (κ2) is 9.56. The number of hydrogen-bond acceptors (Lipinski definition) is 5. The Morgan fingerprint density at radius 1 is 0.867 bits per heavy atom.